The number of likely N-dealkylation sites (N-methyl/N-ethyl adjacent to an activating group) is 1. The summed E-state index contributed by atoms with van der Waals surface area (Å²) in [5, 5.41) is 13.1. The number of esters is 1. The normalized spacial score (nSPS) is 12.1. The third-order valence-electron chi connectivity index (χ3n) is 4.40. The van der Waals surface area contributed by atoms with Crippen LogP contribution in [0.5, 0.6) is 0 Å². The number of amidine groups is 1. The molecule has 0 bridgehead atoms. The molecule has 0 saturated heterocycles. The lowest BCUT2D eigenvalue weighted by Crippen LogP contribution is -2.43. The van der Waals surface area contributed by atoms with E-state index in [1.165, 1.54) is 19.2 Å². The van der Waals surface area contributed by atoms with Gasteiger partial charge >= 0.3 is 5.97 Å². The van der Waals surface area contributed by atoms with E-state index in [4.69, 9.17) is 10.1 Å². The fraction of sp³-hybridized carbons (Fsp3) is 0.286. The quantitative estimate of drug-likeness (QED) is 0.254. The van der Waals surface area contributed by atoms with Gasteiger partial charge in [-0.3, -0.25) is 15.0 Å². The van der Waals surface area contributed by atoms with E-state index in [2.05, 4.69) is 15.4 Å². The second-order valence-corrected chi connectivity index (χ2v) is 8.58. The van der Waals surface area contributed by atoms with E-state index < -0.39 is 22.0 Å². The number of benzene rings is 2. The number of ether oxygens (including phenoxy) is 1. The van der Waals surface area contributed by atoms with Crippen LogP contribution in [0, 0.1) is 12.3 Å². The van der Waals surface area contributed by atoms with Crippen molar-refractivity contribution in [3.63, 3.8) is 0 Å². The Balaban J connectivity index is 2.14. The van der Waals surface area contributed by atoms with E-state index in [1.54, 1.807) is 43.4 Å². The molecule has 10 heteroatoms. The van der Waals surface area contributed by atoms with Crippen molar-refractivity contribution in [1.82, 2.24) is 15.4 Å². The summed E-state index contributed by atoms with van der Waals surface area (Å²) in [6, 6.07) is 11.7. The maximum Gasteiger partial charge on any atom is 0.324 e. The Labute approximate surface area is 181 Å². The number of aryl methyl sites for hydroxylation is 1. The fourth-order valence-corrected chi connectivity index (χ4v) is 3.93. The van der Waals surface area contributed by atoms with Gasteiger partial charge in [0.15, 0.2) is 0 Å². The molecule has 1 atom stereocenters. The zero-order valence-electron chi connectivity index (χ0n) is 17.6. The van der Waals surface area contributed by atoms with Crippen LogP contribution in [0.1, 0.15) is 16.7 Å². The molecule has 9 nitrogen and oxygen atoms in total. The van der Waals surface area contributed by atoms with Gasteiger partial charge in [0.25, 0.3) is 0 Å². The highest BCUT2D eigenvalue weighted by Gasteiger charge is 2.26. The Kier molecular flexibility index (Phi) is 8.43. The molecule has 0 saturated carbocycles. The van der Waals surface area contributed by atoms with E-state index in [0.29, 0.717) is 11.1 Å². The number of hydrogen-bond donors (Lipinski definition) is 4. The van der Waals surface area contributed by atoms with Crippen LogP contribution in [0.25, 0.3) is 0 Å². The Morgan fingerprint density at radius 3 is 2.23 bits per heavy atom. The smallest absolute Gasteiger partial charge is 0.324 e. The zero-order chi connectivity index (χ0) is 23.0. The second-order valence-electron chi connectivity index (χ2n) is 6.86. The van der Waals surface area contributed by atoms with Crippen molar-refractivity contribution < 1.29 is 22.7 Å². The van der Waals surface area contributed by atoms with Crippen LogP contribution in [0.3, 0.4) is 0 Å². The highest BCUT2D eigenvalue weighted by Crippen LogP contribution is 2.13. The van der Waals surface area contributed by atoms with Crippen molar-refractivity contribution in [3.8, 4) is 0 Å². The highest BCUT2D eigenvalue weighted by atomic mass is 32.2. The van der Waals surface area contributed by atoms with E-state index in [9.17, 15) is 18.0 Å². The second kappa shape index (κ2) is 10.8. The van der Waals surface area contributed by atoms with E-state index in [-0.39, 0.29) is 29.6 Å². The van der Waals surface area contributed by atoms with Crippen LogP contribution in [0.15, 0.2) is 53.4 Å². The van der Waals surface area contributed by atoms with Crippen molar-refractivity contribution in [2.24, 2.45) is 0 Å². The molecule has 2 aromatic carbocycles. The predicted molar refractivity (Wildman–Crippen MR) is 116 cm³/mol. The molecule has 4 N–H and O–H groups in total. The molecule has 0 aliphatic heterocycles. The molecule has 2 rings (SSSR count). The Morgan fingerprint density at radius 1 is 1.06 bits per heavy atom. The van der Waals surface area contributed by atoms with Gasteiger partial charge in [0.05, 0.1) is 18.6 Å². The third-order valence-corrected chi connectivity index (χ3v) is 5.89. The minimum absolute atomic E-state index is 0.0492. The SMILES string of the molecule is CNCC(=O)NC(=N)c1ccc(C[C@H](NS(=O)(=O)c2ccc(C)cc2)C(=O)OC)cc1. The number of carbonyl (C=O) groups is 2. The van der Waals surface area contributed by atoms with Crippen LogP contribution in [-0.2, 0) is 30.8 Å². The van der Waals surface area contributed by atoms with Crippen LogP contribution in [0.2, 0.25) is 0 Å². The lowest BCUT2D eigenvalue weighted by atomic mass is 10.0. The Hall–Kier alpha value is -3.08. The Morgan fingerprint density at radius 2 is 1.68 bits per heavy atom. The predicted octanol–water partition coefficient (Wildman–Crippen LogP) is 0.719. The number of sulfonamides is 1. The summed E-state index contributed by atoms with van der Waals surface area (Å²) in [5.41, 5.74) is 2.04. The minimum atomic E-state index is -3.93. The first-order valence-corrected chi connectivity index (χ1v) is 10.9. The van der Waals surface area contributed by atoms with Crippen molar-refractivity contribution in [1.29, 1.82) is 5.41 Å². The van der Waals surface area contributed by atoms with Gasteiger partial charge in [0.2, 0.25) is 15.9 Å². The summed E-state index contributed by atoms with van der Waals surface area (Å²) >= 11 is 0. The summed E-state index contributed by atoms with van der Waals surface area (Å²) in [6.07, 6.45) is 0.0531. The molecule has 0 unspecified atom stereocenters. The van der Waals surface area contributed by atoms with E-state index >= 15 is 0 Å². The summed E-state index contributed by atoms with van der Waals surface area (Å²) in [7, 11) is -1.11. The zero-order valence-corrected chi connectivity index (χ0v) is 18.4. The molecular formula is C21H26N4O5S. The van der Waals surface area contributed by atoms with Crippen molar-refractivity contribution >= 4 is 27.7 Å². The van der Waals surface area contributed by atoms with Crippen molar-refractivity contribution in [3.05, 3.63) is 65.2 Å². The molecule has 2 aromatic rings. The average Bonchev–Trinajstić information content (AvgIpc) is 2.73. The number of nitrogens with one attached hydrogen (secondary N) is 4. The maximum absolute atomic E-state index is 12.7. The molecule has 0 aliphatic rings. The number of amides is 1. The first kappa shape index (κ1) is 24.2. The highest BCUT2D eigenvalue weighted by molar-refractivity contribution is 7.89. The third kappa shape index (κ3) is 6.99. The summed E-state index contributed by atoms with van der Waals surface area (Å²) in [6.45, 7) is 1.93. The van der Waals surface area contributed by atoms with Gasteiger partial charge in [0, 0.05) is 5.56 Å². The van der Waals surface area contributed by atoms with Gasteiger partial charge in [-0.1, -0.05) is 42.0 Å². The van der Waals surface area contributed by atoms with Gasteiger partial charge in [-0.15, -0.1) is 0 Å². The first-order valence-electron chi connectivity index (χ1n) is 9.45. The molecular weight excluding hydrogens is 420 g/mol. The number of hydrogen-bond acceptors (Lipinski definition) is 7. The Bertz CT molecular complexity index is 1030. The van der Waals surface area contributed by atoms with Crippen molar-refractivity contribution in [2.45, 2.75) is 24.3 Å². The summed E-state index contributed by atoms with van der Waals surface area (Å²) < 4.78 is 32.5. The fourth-order valence-electron chi connectivity index (χ4n) is 2.75. The average molecular weight is 447 g/mol. The number of rotatable bonds is 9. The molecule has 0 heterocycles. The van der Waals surface area contributed by atoms with Crippen molar-refractivity contribution in [2.75, 3.05) is 20.7 Å². The van der Waals surface area contributed by atoms with Gasteiger partial charge in [-0.2, -0.15) is 4.72 Å². The molecule has 0 aliphatic carbocycles. The molecule has 0 spiro atoms. The maximum atomic E-state index is 12.7. The lowest BCUT2D eigenvalue weighted by Gasteiger charge is -2.17. The summed E-state index contributed by atoms with van der Waals surface area (Å²) in [5.74, 6) is -1.11. The van der Waals surface area contributed by atoms with Crippen LogP contribution >= 0.6 is 0 Å². The molecule has 1 amide bonds. The van der Waals surface area contributed by atoms with E-state index in [1.807, 2.05) is 6.92 Å². The van der Waals surface area contributed by atoms with Crippen LogP contribution in [-0.4, -0.2) is 52.9 Å². The molecule has 0 aromatic heterocycles. The first-order chi connectivity index (χ1) is 14.7. The molecule has 31 heavy (non-hydrogen) atoms. The summed E-state index contributed by atoms with van der Waals surface area (Å²) in [4.78, 5) is 23.8. The number of methoxy groups -OCH3 is 1. The van der Waals surface area contributed by atoms with Gasteiger partial charge < -0.3 is 15.4 Å². The van der Waals surface area contributed by atoms with Crippen LogP contribution in [0.4, 0.5) is 0 Å². The molecule has 0 fully saturated rings. The monoisotopic (exact) mass is 446 g/mol. The molecule has 0 radical (unpaired) electrons. The van der Waals surface area contributed by atoms with Gasteiger partial charge in [-0.25, -0.2) is 8.42 Å². The molecule has 166 valence electrons. The topological polar surface area (TPSA) is 137 Å². The number of carbonyl (C=O) groups excluding carboxylic acids is 2. The van der Waals surface area contributed by atoms with Gasteiger partial charge in [0.1, 0.15) is 11.9 Å². The largest absolute Gasteiger partial charge is 0.468 e. The van der Waals surface area contributed by atoms with Crippen LogP contribution < -0.4 is 15.4 Å². The van der Waals surface area contributed by atoms with Gasteiger partial charge in [-0.05, 0) is 38.1 Å². The lowest BCUT2D eigenvalue weighted by molar-refractivity contribution is -0.142. The van der Waals surface area contributed by atoms with E-state index in [0.717, 1.165) is 5.56 Å². The standard InChI is InChI=1S/C21H26N4O5S/c1-14-4-10-17(11-5-14)31(28,29)25-18(21(27)30-3)12-15-6-8-16(9-7-15)20(22)24-19(26)13-23-2/h4-11,18,23,25H,12-13H2,1-3H3,(H2,22,24,26)/t18-/m0/s1. The minimum Gasteiger partial charge on any atom is -0.468 e.